The lowest BCUT2D eigenvalue weighted by Crippen LogP contribution is -2.06. The van der Waals surface area contributed by atoms with E-state index in [4.69, 9.17) is 9.05 Å². The number of fused-ring (bicyclic) bond motifs is 1. The number of rotatable bonds is 6. The van der Waals surface area contributed by atoms with E-state index in [1.54, 1.807) is 19.9 Å². The van der Waals surface area contributed by atoms with Crippen LogP contribution in [0.25, 0.3) is 10.8 Å². The Labute approximate surface area is 118 Å². The van der Waals surface area contributed by atoms with Gasteiger partial charge in [0, 0.05) is 5.56 Å². The van der Waals surface area contributed by atoms with Crippen LogP contribution in [0.2, 0.25) is 0 Å². The summed E-state index contributed by atoms with van der Waals surface area (Å²) in [7, 11) is -3.58. The molecule has 0 spiro atoms. The van der Waals surface area contributed by atoms with Crippen LogP contribution in [-0.2, 0) is 13.6 Å². The highest BCUT2D eigenvalue weighted by molar-refractivity contribution is 7.54. The average molecular weight is 294 g/mol. The fourth-order valence-corrected chi connectivity index (χ4v) is 3.83. The first-order chi connectivity index (χ1) is 9.62. The van der Waals surface area contributed by atoms with Gasteiger partial charge in [0.25, 0.3) is 0 Å². The third-order valence-corrected chi connectivity index (χ3v) is 5.13. The van der Waals surface area contributed by atoms with Crippen molar-refractivity contribution < 1.29 is 18.7 Å². The predicted molar refractivity (Wildman–Crippen MR) is 79.8 cm³/mol. The molecule has 2 rings (SSSR count). The number of benzene rings is 2. The van der Waals surface area contributed by atoms with Crippen LogP contribution in [0.5, 0.6) is 0 Å². The minimum atomic E-state index is -3.58. The Bertz CT molecular complexity index is 611. The zero-order valence-corrected chi connectivity index (χ0v) is 12.5. The molecule has 2 aromatic carbocycles. The van der Waals surface area contributed by atoms with E-state index < -0.39 is 13.4 Å². The number of hydrogen-bond donors (Lipinski definition) is 1. The molecule has 0 aliphatic heterocycles. The van der Waals surface area contributed by atoms with E-state index >= 15 is 0 Å². The molecule has 1 atom stereocenters. The maximum atomic E-state index is 12.7. The van der Waals surface area contributed by atoms with Crippen molar-refractivity contribution in [2.75, 3.05) is 13.2 Å². The molecule has 4 nitrogen and oxygen atoms in total. The van der Waals surface area contributed by atoms with Gasteiger partial charge in [-0.25, -0.2) is 0 Å². The van der Waals surface area contributed by atoms with Gasteiger partial charge in [0.05, 0.1) is 13.2 Å². The Kier molecular flexibility index (Phi) is 4.95. The molecule has 0 saturated carbocycles. The maximum Gasteiger partial charge on any atom is 0.363 e. The molecule has 5 heteroatoms. The highest BCUT2D eigenvalue weighted by Crippen LogP contribution is 2.60. The smallest absolute Gasteiger partial charge is 0.363 e. The lowest BCUT2D eigenvalue weighted by atomic mass is 10.1. The molecular weight excluding hydrogens is 275 g/mol. The van der Waals surface area contributed by atoms with Crippen molar-refractivity contribution in [1.82, 2.24) is 0 Å². The van der Waals surface area contributed by atoms with Gasteiger partial charge < -0.3 is 14.2 Å². The summed E-state index contributed by atoms with van der Waals surface area (Å²) in [4.78, 5) is 0. The molecule has 1 N–H and O–H groups in total. The van der Waals surface area contributed by atoms with E-state index in [2.05, 4.69) is 0 Å². The van der Waals surface area contributed by atoms with Crippen molar-refractivity contribution in [1.29, 1.82) is 0 Å². The molecule has 108 valence electrons. The molecule has 0 aliphatic rings. The summed E-state index contributed by atoms with van der Waals surface area (Å²) < 4.78 is 23.1. The standard InChI is InChI=1S/C15H19O4P/c1-3-18-20(17,19-4-2)15(16)14-11-7-9-12-8-5-6-10-13(12)14/h5-11,15-16H,3-4H2,1-2H3. The summed E-state index contributed by atoms with van der Waals surface area (Å²) >= 11 is 0. The molecule has 0 radical (unpaired) electrons. The summed E-state index contributed by atoms with van der Waals surface area (Å²) in [6, 6.07) is 13.1. The summed E-state index contributed by atoms with van der Waals surface area (Å²) in [5.41, 5.74) is 0.563. The van der Waals surface area contributed by atoms with E-state index in [9.17, 15) is 9.67 Å². The zero-order valence-electron chi connectivity index (χ0n) is 11.7. The number of aliphatic hydroxyl groups excluding tert-OH is 1. The summed E-state index contributed by atoms with van der Waals surface area (Å²) in [5, 5.41) is 12.3. The lowest BCUT2D eigenvalue weighted by Gasteiger charge is -2.23. The Morgan fingerprint density at radius 3 is 2.30 bits per heavy atom. The molecule has 1 unspecified atom stereocenters. The summed E-state index contributed by atoms with van der Waals surface area (Å²) in [6.07, 6.45) is 0. The van der Waals surface area contributed by atoms with Crippen LogP contribution in [-0.4, -0.2) is 18.3 Å². The predicted octanol–water partition coefficient (Wildman–Crippen LogP) is 4.10. The monoisotopic (exact) mass is 294 g/mol. The van der Waals surface area contributed by atoms with Gasteiger partial charge >= 0.3 is 7.60 Å². The molecule has 0 aromatic heterocycles. The van der Waals surface area contributed by atoms with Gasteiger partial charge in [-0.05, 0) is 24.6 Å². The van der Waals surface area contributed by atoms with Gasteiger partial charge in [0.1, 0.15) is 0 Å². The third kappa shape index (κ3) is 2.94. The van der Waals surface area contributed by atoms with Crippen molar-refractivity contribution in [3.63, 3.8) is 0 Å². The third-order valence-electron chi connectivity index (χ3n) is 3.02. The average Bonchev–Trinajstić information content (AvgIpc) is 2.46. The van der Waals surface area contributed by atoms with Crippen LogP contribution in [0.3, 0.4) is 0 Å². The fraction of sp³-hybridized carbons (Fsp3) is 0.333. The first-order valence-electron chi connectivity index (χ1n) is 6.67. The molecular formula is C15H19O4P. The highest BCUT2D eigenvalue weighted by atomic mass is 31.2. The van der Waals surface area contributed by atoms with Crippen molar-refractivity contribution in [3.8, 4) is 0 Å². The Morgan fingerprint density at radius 2 is 1.65 bits per heavy atom. The van der Waals surface area contributed by atoms with Gasteiger partial charge in [-0.3, -0.25) is 4.57 Å². The SMILES string of the molecule is CCOP(=O)(OCC)C(O)c1cccc2ccccc12. The van der Waals surface area contributed by atoms with Crippen LogP contribution in [0, 0.1) is 0 Å². The second-order valence-electron chi connectivity index (χ2n) is 4.32. The summed E-state index contributed by atoms with van der Waals surface area (Å²) in [5.74, 6) is -1.28. The molecule has 0 amide bonds. The quantitative estimate of drug-likeness (QED) is 0.815. The van der Waals surface area contributed by atoms with Crippen molar-refractivity contribution in [3.05, 3.63) is 48.0 Å². The van der Waals surface area contributed by atoms with Crippen LogP contribution < -0.4 is 0 Å². The van der Waals surface area contributed by atoms with Crippen LogP contribution in [0.15, 0.2) is 42.5 Å². The minimum absolute atomic E-state index is 0.221. The molecule has 0 bridgehead atoms. The molecule has 0 saturated heterocycles. The number of hydrogen-bond acceptors (Lipinski definition) is 4. The van der Waals surface area contributed by atoms with Crippen molar-refractivity contribution in [2.24, 2.45) is 0 Å². The van der Waals surface area contributed by atoms with E-state index in [0.29, 0.717) is 5.56 Å². The molecule has 0 heterocycles. The Balaban J connectivity index is 2.49. The van der Waals surface area contributed by atoms with Gasteiger partial charge in [0.15, 0.2) is 5.85 Å². The second kappa shape index (κ2) is 6.51. The fourth-order valence-electron chi connectivity index (χ4n) is 2.18. The molecule has 0 aliphatic carbocycles. The van der Waals surface area contributed by atoms with Gasteiger partial charge in [-0.2, -0.15) is 0 Å². The second-order valence-corrected chi connectivity index (χ2v) is 6.40. The molecule has 2 aromatic rings. The lowest BCUT2D eigenvalue weighted by molar-refractivity contribution is 0.151. The minimum Gasteiger partial charge on any atom is -0.376 e. The zero-order chi connectivity index (χ0) is 14.6. The largest absolute Gasteiger partial charge is 0.376 e. The maximum absolute atomic E-state index is 12.7. The highest BCUT2D eigenvalue weighted by Gasteiger charge is 2.36. The van der Waals surface area contributed by atoms with Crippen LogP contribution >= 0.6 is 7.60 Å². The van der Waals surface area contributed by atoms with Crippen LogP contribution in [0.1, 0.15) is 25.3 Å². The van der Waals surface area contributed by atoms with Gasteiger partial charge in [-0.1, -0.05) is 42.5 Å². The van der Waals surface area contributed by atoms with Gasteiger partial charge in [-0.15, -0.1) is 0 Å². The van der Waals surface area contributed by atoms with E-state index in [-0.39, 0.29) is 13.2 Å². The van der Waals surface area contributed by atoms with E-state index in [1.165, 1.54) is 0 Å². The number of aliphatic hydroxyl groups is 1. The van der Waals surface area contributed by atoms with E-state index in [0.717, 1.165) is 10.8 Å². The Hall–Kier alpha value is -1.19. The first-order valence-corrected chi connectivity index (χ1v) is 8.28. The molecule has 0 fully saturated rings. The van der Waals surface area contributed by atoms with Gasteiger partial charge in [0.2, 0.25) is 0 Å². The van der Waals surface area contributed by atoms with E-state index in [1.807, 2.05) is 36.4 Å². The van der Waals surface area contributed by atoms with Crippen molar-refractivity contribution in [2.45, 2.75) is 19.7 Å². The molecule has 20 heavy (non-hydrogen) atoms. The summed E-state index contributed by atoms with van der Waals surface area (Å²) in [6.45, 7) is 3.89. The first kappa shape index (κ1) is 15.2. The topological polar surface area (TPSA) is 55.8 Å². The van der Waals surface area contributed by atoms with Crippen molar-refractivity contribution >= 4 is 18.4 Å². The normalized spacial score (nSPS) is 13.6. The Morgan fingerprint density at radius 1 is 1.05 bits per heavy atom. The van der Waals surface area contributed by atoms with Crippen LogP contribution in [0.4, 0.5) is 0 Å².